The van der Waals surface area contributed by atoms with Gasteiger partial charge in [-0.05, 0) is 38.2 Å². The predicted octanol–water partition coefficient (Wildman–Crippen LogP) is 0.930. The van der Waals surface area contributed by atoms with Gasteiger partial charge in [0.1, 0.15) is 22.1 Å². The number of rotatable bonds is 6. The third kappa shape index (κ3) is 4.07. The Morgan fingerprint density at radius 3 is 2.58 bits per heavy atom. The van der Waals surface area contributed by atoms with Gasteiger partial charge in [0, 0.05) is 32.4 Å². The summed E-state index contributed by atoms with van der Waals surface area (Å²) >= 11 is 0. The van der Waals surface area contributed by atoms with Crippen LogP contribution in [-0.2, 0) is 15.6 Å². The molecule has 0 bridgehead atoms. The number of nitrogens with zero attached hydrogens (tertiary/aromatic N) is 3. The van der Waals surface area contributed by atoms with Crippen LogP contribution in [0.15, 0.2) is 46.0 Å². The fraction of sp³-hybridized carbons (Fsp3) is 0.471. The van der Waals surface area contributed by atoms with Crippen LogP contribution in [-0.4, -0.2) is 67.5 Å². The van der Waals surface area contributed by atoms with Gasteiger partial charge >= 0.3 is 0 Å². The number of likely N-dealkylation sites (N-methyl/N-ethyl adjacent to an activating group) is 1. The normalized spacial score (nSPS) is 19.2. The second-order valence-corrected chi connectivity index (χ2v) is 8.63. The first-order chi connectivity index (χ1) is 12.3. The molecule has 0 radical (unpaired) electrons. The van der Waals surface area contributed by atoms with E-state index in [4.69, 9.17) is 4.42 Å². The molecule has 142 valence electrons. The number of pyridine rings is 1. The first-order valence-corrected chi connectivity index (χ1v) is 9.88. The molecule has 8 nitrogen and oxygen atoms in total. The van der Waals surface area contributed by atoms with Crippen LogP contribution >= 0.6 is 0 Å². The second-order valence-electron chi connectivity index (χ2n) is 6.69. The number of sulfonamides is 1. The highest BCUT2D eigenvalue weighted by Gasteiger charge is 2.28. The van der Waals surface area contributed by atoms with Crippen molar-refractivity contribution in [3.8, 4) is 0 Å². The molecule has 1 aliphatic heterocycles. The quantitative estimate of drug-likeness (QED) is 0.769. The molecule has 1 aliphatic rings. The maximum atomic E-state index is 12.7. The average molecular weight is 380 g/mol. The van der Waals surface area contributed by atoms with E-state index in [-0.39, 0.29) is 11.4 Å². The third-order valence-corrected chi connectivity index (χ3v) is 6.38. The van der Waals surface area contributed by atoms with Gasteiger partial charge in [-0.3, -0.25) is 0 Å². The summed E-state index contributed by atoms with van der Waals surface area (Å²) < 4.78 is 32.1. The highest BCUT2D eigenvalue weighted by atomic mass is 32.2. The van der Waals surface area contributed by atoms with Crippen LogP contribution in [0.5, 0.6) is 0 Å². The zero-order chi connectivity index (χ0) is 18.8. The first-order valence-electron chi connectivity index (χ1n) is 8.44. The van der Waals surface area contributed by atoms with Crippen molar-refractivity contribution in [3.05, 3.63) is 42.5 Å². The smallest absolute Gasteiger partial charge is 0.244 e. The van der Waals surface area contributed by atoms with Gasteiger partial charge in [-0.2, -0.15) is 4.31 Å². The molecule has 0 spiro atoms. The fourth-order valence-corrected chi connectivity index (χ4v) is 4.12. The van der Waals surface area contributed by atoms with Crippen molar-refractivity contribution < 1.29 is 17.9 Å². The van der Waals surface area contributed by atoms with Crippen molar-refractivity contribution >= 4 is 15.8 Å². The SMILES string of the molecule is CN1CCN(S(=O)(=O)c2ccc(NCC(C)(O)c3ccco3)nc2)CC1. The number of furan rings is 1. The van der Waals surface area contributed by atoms with Crippen molar-refractivity contribution in [1.82, 2.24) is 14.2 Å². The van der Waals surface area contributed by atoms with Gasteiger partial charge in [-0.15, -0.1) is 0 Å². The maximum Gasteiger partial charge on any atom is 0.244 e. The molecule has 0 aromatic carbocycles. The van der Waals surface area contributed by atoms with E-state index in [0.717, 1.165) is 0 Å². The van der Waals surface area contributed by atoms with Gasteiger partial charge in [0.15, 0.2) is 0 Å². The van der Waals surface area contributed by atoms with Crippen LogP contribution in [0.25, 0.3) is 0 Å². The van der Waals surface area contributed by atoms with Gasteiger partial charge in [-0.1, -0.05) is 0 Å². The molecule has 1 unspecified atom stereocenters. The number of aromatic nitrogens is 1. The van der Waals surface area contributed by atoms with Crippen LogP contribution in [0.1, 0.15) is 12.7 Å². The summed E-state index contributed by atoms with van der Waals surface area (Å²) in [5.41, 5.74) is -1.20. The van der Waals surface area contributed by atoms with Gasteiger partial charge in [-0.25, -0.2) is 13.4 Å². The monoisotopic (exact) mass is 380 g/mol. The zero-order valence-electron chi connectivity index (χ0n) is 14.9. The number of hydrogen-bond acceptors (Lipinski definition) is 7. The van der Waals surface area contributed by atoms with Crippen LogP contribution in [0.4, 0.5) is 5.82 Å². The molecule has 0 aliphatic carbocycles. The Balaban J connectivity index is 1.65. The van der Waals surface area contributed by atoms with E-state index >= 15 is 0 Å². The zero-order valence-corrected chi connectivity index (χ0v) is 15.7. The molecule has 2 aromatic heterocycles. The number of anilines is 1. The summed E-state index contributed by atoms with van der Waals surface area (Å²) in [6.45, 7) is 4.20. The topological polar surface area (TPSA) is 98.9 Å². The lowest BCUT2D eigenvalue weighted by Gasteiger charge is -2.31. The summed E-state index contributed by atoms with van der Waals surface area (Å²) in [7, 11) is -1.55. The fourth-order valence-electron chi connectivity index (χ4n) is 2.75. The molecule has 1 saturated heterocycles. The highest BCUT2D eigenvalue weighted by Crippen LogP contribution is 2.22. The minimum Gasteiger partial charge on any atom is -0.466 e. The second kappa shape index (κ2) is 7.36. The summed E-state index contributed by atoms with van der Waals surface area (Å²) in [6, 6.07) is 6.53. The third-order valence-electron chi connectivity index (χ3n) is 4.50. The summed E-state index contributed by atoms with van der Waals surface area (Å²) in [5, 5.41) is 13.4. The highest BCUT2D eigenvalue weighted by molar-refractivity contribution is 7.89. The number of piperazine rings is 1. The molecule has 2 N–H and O–H groups in total. The molecule has 3 rings (SSSR count). The summed E-state index contributed by atoms with van der Waals surface area (Å²) in [6.07, 6.45) is 2.84. The minimum atomic E-state index is -3.53. The molecule has 1 atom stereocenters. The van der Waals surface area contributed by atoms with Crippen molar-refractivity contribution in [2.45, 2.75) is 17.4 Å². The molecule has 9 heteroatoms. The van der Waals surface area contributed by atoms with E-state index in [1.807, 2.05) is 7.05 Å². The number of aliphatic hydroxyl groups is 1. The predicted molar refractivity (Wildman–Crippen MR) is 97.3 cm³/mol. The minimum absolute atomic E-state index is 0.172. The molecule has 0 amide bonds. The van der Waals surface area contributed by atoms with Crippen LogP contribution in [0.3, 0.4) is 0 Å². The Bertz CT molecular complexity index is 811. The van der Waals surface area contributed by atoms with Crippen LogP contribution in [0.2, 0.25) is 0 Å². The van der Waals surface area contributed by atoms with Gasteiger partial charge in [0.2, 0.25) is 10.0 Å². The molecule has 3 heterocycles. The van der Waals surface area contributed by atoms with Crippen molar-refractivity contribution in [1.29, 1.82) is 0 Å². The van der Waals surface area contributed by atoms with Crippen molar-refractivity contribution in [3.63, 3.8) is 0 Å². The van der Waals surface area contributed by atoms with Crippen molar-refractivity contribution in [2.75, 3.05) is 45.1 Å². The molecule has 0 saturated carbocycles. The lowest BCUT2D eigenvalue weighted by Crippen LogP contribution is -2.47. The van der Waals surface area contributed by atoms with Gasteiger partial charge in [0.25, 0.3) is 0 Å². The van der Waals surface area contributed by atoms with E-state index in [9.17, 15) is 13.5 Å². The Hall–Kier alpha value is -1.94. The Labute approximate surface area is 153 Å². The molecular formula is C17H24N4O4S. The first kappa shape index (κ1) is 18.8. The average Bonchev–Trinajstić information content (AvgIpc) is 3.16. The molecule has 26 heavy (non-hydrogen) atoms. The van der Waals surface area contributed by atoms with E-state index in [1.54, 1.807) is 25.1 Å². The van der Waals surface area contributed by atoms with E-state index in [0.29, 0.717) is 37.8 Å². The van der Waals surface area contributed by atoms with E-state index in [1.165, 1.54) is 22.8 Å². The summed E-state index contributed by atoms with van der Waals surface area (Å²) in [4.78, 5) is 6.44. The van der Waals surface area contributed by atoms with Crippen LogP contribution < -0.4 is 5.32 Å². The van der Waals surface area contributed by atoms with Gasteiger partial charge < -0.3 is 19.7 Å². The molecule has 1 fully saturated rings. The Kier molecular flexibility index (Phi) is 5.33. The Morgan fingerprint density at radius 2 is 2.00 bits per heavy atom. The van der Waals surface area contributed by atoms with E-state index in [2.05, 4.69) is 15.2 Å². The van der Waals surface area contributed by atoms with Gasteiger partial charge in [0.05, 0.1) is 12.8 Å². The van der Waals surface area contributed by atoms with E-state index < -0.39 is 15.6 Å². The largest absolute Gasteiger partial charge is 0.466 e. The number of nitrogens with one attached hydrogen (secondary N) is 1. The number of hydrogen-bond donors (Lipinski definition) is 2. The lowest BCUT2D eigenvalue weighted by atomic mass is 10.0. The maximum absolute atomic E-state index is 12.7. The molecule has 2 aromatic rings. The van der Waals surface area contributed by atoms with Crippen molar-refractivity contribution in [2.24, 2.45) is 0 Å². The summed E-state index contributed by atoms with van der Waals surface area (Å²) in [5.74, 6) is 0.924. The lowest BCUT2D eigenvalue weighted by molar-refractivity contribution is 0.0476. The standard InChI is InChI=1S/C17H24N4O4S/c1-17(22,15-4-3-11-25-15)13-19-16-6-5-14(12-18-16)26(23,24)21-9-7-20(2)8-10-21/h3-6,11-12,22H,7-10,13H2,1-2H3,(H,18,19). The molecular weight excluding hydrogens is 356 g/mol. The van der Waals surface area contributed by atoms with Crippen LogP contribution in [0, 0.1) is 0 Å². The Morgan fingerprint density at radius 1 is 1.27 bits per heavy atom.